The summed E-state index contributed by atoms with van der Waals surface area (Å²) in [5.74, 6) is 0.929. The largest absolute Gasteiger partial charge is 0.495 e. The third-order valence-corrected chi connectivity index (χ3v) is 4.51. The molecule has 0 saturated carbocycles. The number of aromatic nitrogens is 2. The molecule has 150 valence electrons. The van der Waals surface area contributed by atoms with E-state index in [0.29, 0.717) is 11.6 Å². The molecule has 0 aliphatic carbocycles. The molecule has 1 aromatic heterocycles. The summed E-state index contributed by atoms with van der Waals surface area (Å²) in [6, 6.07) is 13.6. The summed E-state index contributed by atoms with van der Waals surface area (Å²) in [4.78, 5) is 21.0. The van der Waals surface area contributed by atoms with Crippen molar-refractivity contribution in [1.82, 2.24) is 9.97 Å². The molecule has 6 nitrogen and oxygen atoms in total. The Labute approximate surface area is 171 Å². The van der Waals surface area contributed by atoms with E-state index < -0.39 is 0 Å². The van der Waals surface area contributed by atoms with Gasteiger partial charge in [0, 0.05) is 5.69 Å². The van der Waals surface area contributed by atoms with E-state index in [-0.39, 0.29) is 17.0 Å². The third kappa shape index (κ3) is 5.10. The van der Waals surface area contributed by atoms with Crippen LogP contribution in [0.2, 0.25) is 0 Å². The van der Waals surface area contributed by atoms with Crippen LogP contribution in [0.1, 0.15) is 42.4 Å². The minimum Gasteiger partial charge on any atom is -0.495 e. The number of hydrogen-bond donors (Lipinski definition) is 2. The number of amides is 1. The highest BCUT2D eigenvalue weighted by atomic mass is 16.5. The van der Waals surface area contributed by atoms with Crippen LogP contribution in [0, 0.1) is 6.92 Å². The summed E-state index contributed by atoms with van der Waals surface area (Å²) in [7, 11) is 1.61. The van der Waals surface area contributed by atoms with Gasteiger partial charge in [-0.05, 0) is 47.7 Å². The molecule has 1 amide bonds. The van der Waals surface area contributed by atoms with Crippen LogP contribution in [0.25, 0.3) is 0 Å². The van der Waals surface area contributed by atoms with Gasteiger partial charge < -0.3 is 15.4 Å². The molecular weight excluding hydrogens is 364 g/mol. The maximum Gasteiger partial charge on any atom is 0.275 e. The van der Waals surface area contributed by atoms with Gasteiger partial charge >= 0.3 is 0 Å². The van der Waals surface area contributed by atoms with Crippen molar-refractivity contribution >= 4 is 23.1 Å². The van der Waals surface area contributed by atoms with Gasteiger partial charge in [-0.2, -0.15) is 0 Å². The van der Waals surface area contributed by atoms with Crippen LogP contribution in [-0.4, -0.2) is 23.0 Å². The Morgan fingerprint density at radius 1 is 1.00 bits per heavy atom. The fourth-order valence-electron chi connectivity index (χ4n) is 2.82. The molecule has 0 atom stereocenters. The molecule has 0 bridgehead atoms. The predicted molar refractivity (Wildman–Crippen MR) is 116 cm³/mol. The fourth-order valence-corrected chi connectivity index (χ4v) is 2.82. The lowest BCUT2D eigenvalue weighted by atomic mass is 9.87. The zero-order chi connectivity index (χ0) is 21.0. The monoisotopic (exact) mass is 390 g/mol. The van der Waals surface area contributed by atoms with E-state index in [1.54, 1.807) is 7.11 Å². The maximum absolute atomic E-state index is 12.5. The molecule has 3 rings (SSSR count). The number of methoxy groups -OCH3 is 1. The lowest BCUT2D eigenvalue weighted by Crippen LogP contribution is -2.15. The van der Waals surface area contributed by atoms with E-state index in [9.17, 15) is 4.79 Å². The van der Waals surface area contributed by atoms with Crippen molar-refractivity contribution in [2.24, 2.45) is 0 Å². The van der Waals surface area contributed by atoms with Crippen molar-refractivity contribution in [2.75, 3.05) is 17.7 Å². The molecule has 0 fully saturated rings. The van der Waals surface area contributed by atoms with Gasteiger partial charge in [-0.15, -0.1) is 0 Å². The second-order valence-corrected chi connectivity index (χ2v) is 7.90. The Hall–Kier alpha value is -3.41. The molecule has 0 aliphatic heterocycles. The first-order valence-corrected chi connectivity index (χ1v) is 9.42. The number of benzene rings is 2. The summed E-state index contributed by atoms with van der Waals surface area (Å²) in [5.41, 5.74) is 4.12. The zero-order valence-corrected chi connectivity index (χ0v) is 17.4. The molecule has 0 saturated heterocycles. The Kier molecular flexibility index (Phi) is 5.82. The number of ether oxygens (including phenoxy) is 1. The summed E-state index contributed by atoms with van der Waals surface area (Å²) in [5, 5.41) is 6.02. The van der Waals surface area contributed by atoms with Crippen molar-refractivity contribution in [3.05, 3.63) is 71.7 Å². The van der Waals surface area contributed by atoms with Crippen LogP contribution in [0.5, 0.6) is 5.75 Å². The molecule has 1 heterocycles. The van der Waals surface area contributed by atoms with E-state index in [1.165, 1.54) is 18.0 Å². The van der Waals surface area contributed by atoms with Crippen LogP contribution < -0.4 is 15.4 Å². The predicted octanol–water partition coefficient (Wildman–Crippen LogP) is 5.09. The van der Waals surface area contributed by atoms with Crippen LogP contribution >= 0.6 is 0 Å². The van der Waals surface area contributed by atoms with Gasteiger partial charge in [-0.25, -0.2) is 9.97 Å². The average molecular weight is 390 g/mol. The molecule has 3 aromatic rings. The van der Waals surface area contributed by atoms with E-state index >= 15 is 0 Å². The smallest absolute Gasteiger partial charge is 0.275 e. The van der Waals surface area contributed by atoms with Crippen molar-refractivity contribution in [3.63, 3.8) is 0 Å². The highest BCUT2D eigenvalue weighted by molar-refractivity contribution is 6.02. The van der Waals surface area contributed by atoms with Gasteiger partial charge in [-0.1, -0.05) is 39.0 Å². The van der Waals surface area contributed by atoms with Crippen molar-refractivity contribution in [3.8, 4) is 5.75 Å². The van der Waals surface area contributed by atoms with Crippen molar-refractivity contribution in [1.29, 1.82) is 0 Å². The molecule has 2 aromatic carbocycles. The van der Waals surface area contributed by atoms with Gasteiger partial charge in [0.05, 0.1) is 25.2 Å². The number of carbonyl (C=O) groups excluding carboxylic acids is 1. The first-order valence-electron chi connectivity index (χ1n) is 9.42. The Morgan fingerprint density at radius 3 is 2.31 bits per heavy atom. The molecule has 6 heteroatoms. The van der Waals surface area contributed by atoms with Crippen LogP contribution in [0.3, 0.4) is 0 Å². The van der Waals surface area contributed by atoms with E-state index in [0.717, 1.165) is 16.9 Å². The van der Waals surface area contributed by atoms with Gasteiger partial charge in [0.2, 0.25) is 0 Å². The zero-order valence-electron chi connectivity index (χ0n) is 17.4. The molecule has 29 heavy (non-hydrogen) atoms. The van der Waals surface area contributed by atoms with Crippen molar-refractivity contribution in [2.45, 2.75) is 33.1 Å². The number of aryl methyl sites for hydroxylation is 1. The van der Waals surface area contributed by atoms with Crippen LogP contribution in [-0.2, 0) is 5.41 Å². The fraction of sp³-hybridized carbons (Fsp3) is 0.261. The third-order valence-electron chi connectivity index (χ3n) is 4.51. The van der Waals surface area contributed by atoms with E-state index in [1.807, 2.05) is 49.4 Å². The number of nitrogens with one attached hydrogen (secondary N) is 2. The summed E-state index contributed by atoms with van der Waals surface area (Å²) < 4.78 is 5.36. The van der Waals surface area contributed by atoms with Gasteiger partial charge in [0.15, 0.2) is 0 Å². The minimum atomic E-state index is -0.305. The summed E-state index contributed by atoms with van der Waals surface area (Å²) in [6.07, 6.45) is 2.98. The Balaban J connectivity index is 1.68. The number of anilines is 3. The molecule has 2 N–H and O–H groups in total. The summed E-state index contributed by atoms with van der Waals surface area (Å²) in [6.45, 7) is 8.45. The topological polar surface area (TPSA) is 76.1 Å². The quantitative estimate of drug-likeness (QED) is 0.635. The Morgan fingerprint density at radius 2 is 1.72 bits per heavy atom. The van der Waals surface area contributed by atoms with Gasteiger partial charge in [-0.3, -0.25) is 4.79 Å². The number of nitrogens with zero attached hydrogens (tertiary/aromatic N) is 2. The minimum absolute atomic E-state index is 0.0663. The van der Waals surface area contributed by atoms with Crippen LogP contribution in [0.4, 0.5) is 17.2 Å². The molecule has 0 unspecified atom stereocenters. The lowest BCUT2D eigenvalue weighted by Gasteiger charge is -2.19. The molecule has 0 radical (unpaired) electrons. The highest BCUT2D eigenvalue weighted by Gasteiger charge is 2.14. The molecule has 0 spiro atoms. The molecule has 0 aliphatic rings. The second-order valence-electron chi connectivity index (χ2n) is 7.90. The first kappa shape index (κ1) is 20.3. The number of rotatable bonds is 5. The van der Waals surface area contributed by atoms with Crippen LogP contribution in [0.15, 0.2) is 54.9 Å². The standard InChI is InChI=1S/C23H26N4O2/c1-15-6-11-20(29-5)18(12-15)27-21-14-24-19(13-25-21)22(28)26-17-9-7-16(8-10-17)23(2,3)4/h6-14H,1-5H3,(H,25,27)(H,26,28). The first-order chi connectivity index (χ1) is 13.8. The Bertz CT molecular complexity index is 991. The number of carbonyl (C=O) groups is 1. The SMILES string of the molecule is COc1ccc(C)cc1Nc1cnc(C(=O)Nc2ccc(C(C)(C)C)cc2)cn1. The summed E-state index contributed by atoms with van der Waals surface area (Å²) >= 11 is 0. The highest BCUT2D eigenvalue weighted by Crippen LogP contribution is 2.27. The average Bonchev–Trinajstić information content (AvgIpc) is 2.68. The van der Waals surface area contributed by atoms with Crippen molar-refractivity contribution < 1.29 is 9.53 Å². The lowest BCUT2D eigenvalue weighted by molar-refractivity contribution is 0.102. The van der Waals surface area contributed by atoms with E-state index in [4.69, 9.17) is 4.74 Å². The van der Waals surface area contributed by atoms with Gasteiger partial charge in [0.25, 0.3) is 5.91 Å². The maximum atomic E-state index is 12.5. The van der Waals surface area contributed by atoms with Gasteiger partial charge in [0.1, 0.15) is 17.3 Å². The second kappa shape index (κ2) is 8.31. The molecular formula is C23H26N4O2. The number of hydrogen-bond acceptors (Lipinski definition) is 5. The van der Waals surface area contributed by atoms with E-state index in [2.05, 4.69) is 41.4 Å². The normalized spacial score (nSPS) is 11.1.